The van der Waals surface area contributed by atoms with Gasteiger partial charge in [-0.2, -0.15) is 0 Å². The van der Waals surface area contributed by atoms with Gasteiger partial charge in [-0.3, -0.25) is 9.69 Å². The van der Waals surface area contributed by atoms with Gasteiger partial charge in [0.05, 0.1) is 22.3 Å². The van der Waals surface area contributed by atoms with Crippen molar-refractivity contribution in [2.45, 2.75) is 0 Å². The molecule has 0 aromatic heterocycles. The monoisotopic (exact) mass is 305 g/mol. The Hall–Kier alpha value is -0.880. The van der Waals surface area contributed by atoms with E-state index in [9.17, 15) is 9.18 Å². The number of halogens is 3. The predicted molar refractivity (Wildman–Crippen MR) is 74.4 cm³/mol. The summed E-state index contributed by atoms with van der Waals surface area (Å²) in [6.07, 6.45) is 0. The van der Waals surface area contributed by atoms with E-state index in [0.717, 1.165) is 38.3 Å². The predicted octanol–water partition coefficient (Wildman–Crippen LogP) is 1.98. The first-order valence-corrected chi connectivity index (χ1v) is 6.69. The van der Waals surface area contributed by atoms with Gasteiger partial charge in [0.1, 0.15) is 5.82 Å². The third kappa shape index (κ3) is 4.04. The van der Waals surface area contributed by atoms with Crippen LogP contribution in [0, 0.1) is 5.82 Å². The summed E-state index contributed by atoms with van der Waals surface area (Å²) < 4.78 is 13.0. The van der Waals surface area contributed by atoms with Crippen LogP contribution in [0.15, 0.2) is 12.1 Å². The molecular weight excluding hydrogens is 292 g/mol. The zero-order chi connectivity index (χ0) is 13.8. The van der Waals surface area contributed by atoms with E-state index in [4.69, 9.17) is 23.2 Å². The number of piperazine rings is 1. The minimum Gasteiger partial charge on any atom is -0.322 e. The quantitative estimate of drug-likeness (QED) is 0.897. The molecule has 7 heteroatoms. The molecule has 1 fully saturated rings. The van der Waals surface area contributed by atoms with Gasteiger partial charge in [-0.05, 0) is 12.1 Å². The maximum Gasteiger partial charge on any atom is 0.238 e. The van der Waals surface area contributed by atoms with Crippen LogP contribution in [0.4, 0.5) is 10.1 Å². The molecule has 0 atom stereocenters. The molecule has 1 saturated heterocycles. The van der Waals surface area contributed by atoms with Crippen molar-refractivity contribution in [3.8, 4) is 0 Å². The molecule has 19 heavy (non-hydrogen) atoms. The van der Waals surface area contributed by atoms with Crippen molar-refractivity contribution in [3.05, 3.63) is 28.0 Å². The molecule has 104 valence electrons. The van der Waals surface area contributed by atoms with E-state index >= 15 is 0 Å². The first-order valence-electron chi connectivity index (χ1n) is 5.94. The average molecular weight is 306 g/mol. The van der Waals surface area contributed by atoms with Crippen LogP contribution in [-0.4, -0.2) is 43.5 Å². The first-order chi connectivity index (χ1) is 9.06. The number of anilines is 1. The Labute approximate surface area is 120 Å². The number of rotatable bonds is 3. The lowest BCUT2D eigenvalue weighted by molar-refractivity contribution is -0.117. The van der Waals surface area contributed by atoms with Gasteiger partial charge < -0.3 is 10.6 Å². The Bertz CT molecular complexity index is 455. The summed E-state index contributed by atoms with van der Waals surface area (Å²) in [6.45, 7) is 3.64. The Morgan fingerprint density at radius 2 is 1.89 bits per heavy atom. The van der Waals surface area contributed by atoms with Gasteiger partial charge in [0, 0.05) is 26.2 Å². The fourth-order valence-corrected chi connectivity index (χ4v) is 2.47. The molecule has 1 aromatic carbocycles. The molecule has 2 N–H and O–H groups in total. The van der Waals surface area contributed by atoms with Gasteiger partial charge in [0.15, 0.2) is 0 Å². The van der Waals surface area contributed by atoms with Gasteiger partial charge in [-0.25, -0.2) is 4.39 Å². The van der Waals surface area contributed by atoms with Crippen LogP contribution in [0.2, 0.25) is 10.0 Å². The van der Waals surface area contributed by atoms with Crippen LogP contribution in [0.3, 0.4) is 0 Å². The van der Waals surface area contributed by atoms with Crippen molar-refractivity contribution in [1.29, 1.82) is 0 Å². The number of carbonyl (C=O) groups is 1. The van der Waals surface area contributed by atoms with E-state index < -0.39 is 5.82 Å². The highest BCUT2D eigenvalue weighted by Crippen LogP contribution is 2.31. The van der Waals surface area contributed by atoms with Gasteiger partial charge >= 0.3 is 0 Å². The standard InChI is InChI=1S/C12H14Cl2FN3O/c13-9-5-8(15)6-10(14)12(9)17-11(19)7-18-3-1-16-2-4-18/h5-6,16H,1-4,7H2,(H,17,19). The van der Waals surface area contributed by atoms with Crippen LogP contribution in [0.25, 0.3) is 0 Å². The largest absolute Gasteiger partial charge is 0.322 e. The Morgan fingerprint density at radius 1 is 1.32 bits per heavy atom. The molecule has 0 saturated carbocycles. The fraction of sp³-hybridized carbons (Fsp3) is 0.417. The van der Waals surface area contributed by atoms with Crippen LogP contribution in [0.5, 0.6) is 0 Å². The number of nitrogens with zero attached hydrogens (tertiary/aromatic N) is 1. The third-order valence-corrected chi connectivity index (χ3v) is 3.44. The molecule has 4 nitrogen and oxygen atoms in total. The summed E-state index contributed by atoms with van der Waals surface area (Å²) >= 11 is 11.7. The SMILES string of the molecule is O=C(CN1CCNCC1)Nc1c(Cl)cc(F)cc1Cl. The normalized spacial score (nSPS) is 16.4. The number of hydrogen-bond donors (Lipinski definition) is 2. The zero-order valence-electron chi connectivity index (χ0n) is 10.2. The van der Waals surface area contributed by atoms with Crippen LogP contribution >= 0.6 is 23.2 Å². The van der Waals surface area contributed by atoms with E-state index in [2.05, 4.69) is 10.6 Å². The van der Waals surface area contributed by atoms with Crippen molar-refractivity contribution in [2.24, 2.45) is 0 Å². The molecule has 0 bridgehead atoms. The molecule has 2 rings (SSSR count). The highest BCUT2D eigenvalue weighted by molar-refractivity contribution is 6.39. The van der Waals surface area contributed by atoms with Crippen molar-refractivity contribution in [3.63, 3.8) is 0 Å². The summed E-state index contributed by atoms with van der Waals surface area (Å²) in [4.78, 5) is 13.9. The second kappa shape index (κ2) is 6.52. The number of hydrogen-bond acceptors (Lipinski definition) is 3. The van der Waals surface area contributed by atoms with Crippen LogP contribution < -0.4 is 10.6 Å². The molecule has 0 unspecified atom stereocenters. The van der Waals surface area contributed by atoms with E-state index in [0.29, 0.717) is 0 Å². The molecule has 1 aromatic rings. The minimum atomic E-state index is -0.532. The minimum absolute atomic E-state index is 0.0960. The van der Waals surface area contributed by atoms with Gasteiger partial charge in [-0.1, -0.05) is 23.2 Å². The topological polar surface area (TPSA) is 44.4 Å². The Morgan fingerprint density at radius 3 is 2.47 bits per heavy atom. The first kappa shape index (κ1) is 14.5. The molecular formula is C12H14Cl2FN3O. The molecule has 0 radical (unpaired) electrons. The second-order valence-electron chi connectivity index (χ2n) is 4.32. The van der Waals surface area contributed by atoms with Gasteiger partial charge in [-0.15, -0.1) is 0 Å². The van der Waals surface area contributed by atoms with E-state index in [1.54, 1.807) is 0 Å². The second-order valence-corrected chi connectivity index (χ2v) is 5.13. The van der Waals surface area contributed by atoms with E-state index in [1.807, 2.05) is 4.90 Å². The number of carbonyl (C=O) groups excluding carboxylic acids is 1. The summed E-state index contributed by atoms with van der Waals surface area (Å²) in [5.74, 6) is -0.743. The molecule has 1 amide bonds. The van der Waals surface area contributed by atoms with Crippen LogP contribution in [0.1, 0.15) is 0 Å². The summed E-state index contributed by atoms with van der Waals surface area (Å²) in [5.41, 5.74) is 0.255. The van der Waals surface area contributed by atoms with Crippen molar-refractivity contribution in [2.75, 3.05) is 38.0 Å². The lowest BCUT2D eigenvalue weighted by atomic mass is 10.3. The highest BCUT2D eigenvalue weighted by atomic mass is 35.5. The molecule has 0 aliphatic carbocycles. The molecule has 1 heterocycles. The maximum absolute atomic E-state index is 13.0. The van der Waals surface area contributed by atoms with Gasteiger partial charge in [0.25, 0.3) is 0 Å². The molecule has 1 aliphatic heterocycles. The lowest BCUT2D eigenvalue weighted by Crippen LogP contribution is -2.46. The fourth-order valence-electron chi connectivity index (χ4n) is 1.91. The van der Waals surface area contributed by atoms with Gasteiger partial charge in [0.2, 0.25) is 5.91 Å². The lowest BCUT2D eigenvalue weighted by Gasteiger charge is -2.26. The van der Waals surface area contributed by atoms with E-state index in [1.165, 1.54) is 0 Å². The number of amides is 1. The summed E-state index contributed by atoms with van der Waals surface area (Å²) in [5, 5.41) is 6.02. The Balaban J connectivity index is 1.98. The summed E-state index contributed by atoms with van der Waals surface area (Å²) in [7, 11) is 0. The Kier molecular flexibility index (Phi) is 4.99. The third-order valence-electron chi connectivity index (χ3n) is 2.85. The number of nitrogens with one attached hydrogen (secondary N) is 2. The maximum atomic E-state index is 13.0. The van der Waals surface area contributed by atoms with Crippen LogP contribution in [-0.2, 0) is 4.79 Å². The average Bonchev–Trinajstić information content (AvgIpc) is 2.35. The smallest absolute Gasteiger partial charge is 0.238 e. The molecule has 1 aliphatic rings. The highest BCUT2D eigenvalue weighted by Gasteiger charge is 2.16. The molecule has 0 spiro atoms. The zero-order valence-corrected chi connectivity index (χ0v) is 11.7. The van der Waals surface area contributed by atoms with E-state index in [-0.39, 0.29) is 28.2 Å². The van der Waals surface area contributed by atoms with Crippen molar-refractivity contribution >= 4 is 34.8 Å². The number of benzene rings is 1. The van der Waals surface area contributed by atoms with Crippen molar-refractivity contribution in [1.82, 2.24) is 10.2 Å². The summed E-state index contributed by atoms with van der Waals surface area (Å²) in [6, 6.07) is 2.24. The van der Waals surface area contributed by atoms with Crippen molar-refractivity contribution < 1.29 is 9.18 Å².